The quantitative estimate of drug-likeness (QED) is 0.147. The van der Waals surface area contributed by atoms with Gasteiger partial charge in [-0.15, -0.1) is 0 Å². The Balaban J connectivity index is 1.01. The second-order valence-corrected chi connectivity index (χ2v) is 27.3. The zero-order valence-electron chi connectivity index (χ0n) is 49.9. The van der Waals surface area contributed by atoms with Crippen molar-refractivity contribution in [2.75, 3.05) is 19.6 Å². The first-order chi connectivity index (χ1) is 42.0. The zero-order valence-corrected chi connectivity index (χ0v) is 50.8. The third-order valence-corrected chi connectivity index (χ3v) is 21.5. The van der Waals surface area contributed by atoms with E-state index in [-0.39, 0.29) is 26.9 Å². The third-order valence-electron chi connectivity index (χ3n) is 20.3. The van der Waals surface area contributed by atoms with Gasteiger partial charge in [0.25, 0.3) is 20.1 Å². The molecule has 11 aromatic carbocycles. The maximum Gasteiger partial charge on any atom is 0.252 e. The van der Waals surface area contributed by atoms with Gasteiger partial charge < -0.3 is 19.6 Å². The molecule has 18 rings (SSSR count). The van der Waals surface area contributed by atoms with Gasteiger partial charge in [-0.05, 0) is 170 Å². The minimum absolute atomic E-state index is 0.00568. The number of hydrogen-bond acceptors (Lipinski definition) is 5. The molecule has 0 aliphatic carbocycles. The largest absolute Gasteiger partial charge is 0.312 e. The van der Waals surface area contributed by atoms with Crippen LogP contribution < -0.4 is 85.2 Å². The second-order valence-electron chi connectivity index (χ2n) is 26.2. The molecule has 0 saturated carbocycles. The smallest absolute Gasteiger partial charge is 0.252 e. The second kappa shape index (κ2) is 18.4. The number of anilines is 12. The topological polar surface area (TPSA) is 13.0 Å². The minimum Gasteiger partial charge on any atom is -0.312 e. The summed E-state index contributed by atoms with van der Waals surface area (Å²) in [7, 11) is 0. The standard InChI is InChI=1S/C77H62B4N4S/c1-44(2)49-39-53(45(3)4)71(54(40-49)46(5)6)81-58-27-17-20-30-69(58)86-70-43-68-61(42-62(70)81)80-57-34-33-52(82(50-21-11-9-12-22-50)51-23-13-10-14-24-51)41-67(57)84-63-28-18-15-25-55(63)78-59-37-47(7)31-35-65(59)83-66-36-32-48(8)38-60(66)79-56-26-16-19-29-64(56)85(68)77-73(79)75(83)72(78)76(84)74(77)80/h9-46H,1-8H3. The van der Waals surface area contributed by atoms with Crippen molar-refractivity contribution in [1.82, 2.24) is 0 Å². The number of aryl methyl sites for hydroxylation is 2. The SMILES string of the molecule is Cc1ccc2c(c1)B1c3ccccc3N3c4cc(N(c5ccccc5)c5ccccc5)ccc4B4c5cc6c(cc5N5c7ccccc7B7c8cc(C)ccc8N2c2c1c3c4c5c27)Sc1ccccc1B6c1c(C(C)C)cc(C(C)C)cc1C(C)C. The lowest BCUT2D eigenvalue weighted by atomic mass is 9.24. The highest BCUT2D eigenvalue weighted by atomic mass is 32.2. The van der Waals surface area contributed by atoms with E-state index in [9.17, 15) is 0 Å². The molecule has 7 aliphatic rings. The van der Waals surface area contributed by atoms with E-state index in [2.05, 4.69) is 287 Å². The van der Waals surface area contributed by atoms with E-state index in [0.717, 1.165) is 17.1 Å². The molecule has 408 valence electrons. The van der Waals surface area contributed by atoms with Gasteiger partial charge in [-0.3, -0.25) is 0 Å². The van der Waals surface area contributed by atoms with E-state index < -0.39 is 0 Å². The Labute approximate surface area is 511 Å². The predicted molar refractivity (Wildman–Crippen MR) is 373 cm³/mol. The number of fused-ring (bicyclic) bond motifs is 20. The molecule has 0 unspecified atom stereocenters. The molecule has 0 N–H and O–H groups in total. The Morgan fingerprint density at radius 1 is 0.314 bits per heavy atom. The molecule has 4 nitrogen and oxygen atoms in total. The first kappa shape index (κ1) is 50.5. The van der Waals surface area contributed by atoms with Crippen LogP contribution in [0.2, 0.25) is 0 Å². The Kier molecular flexibility index (Phi) is 10.8. The number of para-hydroxylation sites is 4. The van der Waals surface area contributed by atoms with Crippen LogP contribution >= 0.6 is 11.8 Å². The van der Waals surface area contributed by atoms with Gasteiger partial charge in [0.15, 0.2) is 0 Å². The summed E-state index contributed by atoms with van der Waals surface area (Å²) in [6.07, 6.45) is 0. The van der Waals surface area contributed by atoms with Crippen molar-refractivity contribution in [3.05, 3.63) is 240 Å². The van der Waals surface area contributed by atoms with Crippen molar-refractivity contribution in [1.29, 1.82) is 0 Å². The predicted octanol–water partition coefficient (Wildman–Crippen LogP) is 12.0. The molecule has 0 amide bonds. The number of rotatable bonds is 7. The van der Waals surface area contributed by atoms with E-state index in [1.165, 1.54) is 154 Å². The molecule has 0 saturated heterocycles. The van der Waals surface area contributed by atoms with Crippen LogP contribution in [0.15, 0.2) is 222 Å². The van der Waals surface area contributed by atoms with Gasteiger partial charge in [0, 0.05) is 78.0 Å². The molecule has 0 bridgehead atoms. The molecule has 7 heterocycles. The highest BCUT2D eigenvalue weighted by molar-refractivity contribution is 8.00. The molecule has 7 aliphatic heterocycles. The molecule has 9 heteroatoms. The summed E-state index contributed by atoms with van der Waals surface area (Å²) in [4.78, 5) is 13.4. The fourth-order valence-corrected chi connectivity index (χ4v) is 17.9. The van der Waals surface area contributed by atoms with E-state index in [1.54, 1.807) is 0 Å². The number of nitrogens with zero attached hydrogens (tertiary/aromatic N) is 4. The van der Waals surface area contributed by atoms with Gasteiger partial charge in [-0.25, -0.2) is 0 Å². The fraction of sp³-hybridized carbons (Fsp3) is 0.143. The highest BCUT2D eigenvalue weighted by Crippen LogP contribution is 2.53. The van der Waals surface area contributed by atoms with Crippen LogP contribution in [0, 0.1) is 13.8 Å². The molecule has 0 aromatic heterocycles. The van der Waals surface area contributed by atoms with Crippen LogP contribution in [0.3, 0.4) is 0 Å². The first-order valence-electron chi connectivity index (χ1n) is 31.2. The summed E-state index contributed by atoms with van der Waals surface area (Å²) in [5, 5.41) is 0. The number of hydrogen-bond donors (Lipinski definition) is 0. The average Bonchev–Trinajstić information content (AvgIpc) is 0.664. The van der Waals surface area contributed by atoms with Crippen LogP contribution in [0.5, 0.6) is 0 Å². The lowest BCUT2D eigenvalue weighted by molar-refractivity contribution is 0.812. The van der Waals surface area contributed by atoms with E-state index in [0.29, 0.717) is 17.8 Å². The Bertz CT molecular complexity index is 4690. The first-order valence-corrected chi connectivity index (χ1v) is 32.0. The van der Waals surface area contributed by atoms with Crippen LogP contribution in [0.1, 0.15) is 87.1 Å². The molecule has 0 radical (unpaired) electrons. The molecule has 0 atom stereocenters. The lowest BCUT2D eigenvalue weighted by Gasteiger charge is -2.56. The van der Waals surface area contributed by atoms with Crippen molar-refractivity contribution in [3.8, 4) is 0 Å². The minimum atomic E-state index is -0.108. The van der Waals surface area contributed by atoms with Crippen LogP contribution in [-0.4, -0.2) is 26.9 Å². The van der Waals surface area contributed by atoms with E-state index >= 15 is 0 Å². The highest BCUT2D eigenvalue weighted by Gasteiger charge is 2.58. The van der Waals surface area contributed by atoms with Crippen LogP contribution in [-0.2, 0) is 0 Å². The normalized spacial score (nSPS) is 14.4. The van der Waals surface area contributed by atoms with Crippen LogP contribution in [0.4, 0.5) is 68.2 Å². The van der Waals surface area contributed by atoms with E-state index in [1.807, 2.05) is 11.8 Å². The fourth-order valence-electron chi connectivity index (χ4n) is 16.8. The summed E-state index contributed by atoms with van der Waals surface area (Å²) >= 11 is 1.97. The monoisotopic (exact) mass is 1120 g/mol. The van der Waals surface area contributed by atoms with Crippen molar-refractivity contribution < 1.29 is 0 Å². The van der Waals surface area contributed by atoms with Crippen molar-refractivity contribution in [3.63, 3.8) is 0 Å². The van der Waals surface area contributed by atoms with Crippen molar-refractivity contribution in [2.24, 2.45) is 0 Å². The van der Waals surface area contributed by atoms with Gasteiger partial charge in [-0.2, -0.15) is 0 Å². The Morgan fingerprint density at radius 2 is 0.744 bits per heavy atom. The van der Waals surface area contributed by atoms with Crippen molar-refractivity contribution in [2.45, 2.75) is 82.9 Å². The molecule has 0 fully saturated rings. The molecule has 11 aromatic rings. The summed E-state index contributed by atoms with van der Waals surface area (Å²) in [6, 6.07) is 82.8. The maximum absolute atomic E-state index is 2.77. The number of benzene rings is 11. The van der Waals surface area contributed by atoms with Gasteiger partial charge in [0.1, 0.15) is 0 Å². The third kappa shape index (κ3) is 6.78. The van der Waals surface area contributed by atoms with E-state index in [4.69, 9.17) is 0 Å². The molecule has 0 spiro atoms. The molecular weight excluding hydrogens is 1060 g/mol. The van der Waals surface area contributed by atoms with Gasteiger partial charge >= 0.3 is 0 Å². The van der Waals surface area contributed by atoms with Gasteiger partial charge in [0.05, 0.1) is 0 Å². The average molecular weight is 1120 g/mol. The molecular formula is C77H62B4N4S. The lowest BCUT2D eigenvalue weighted by Crippen LogP contribution is -2.75. The molecule has 86 heavy (non-hydrogen) atoms. The summed E-state index contributed by atoms with van der Waals surface area (Å²) in [5.74, 6) is 1.09. The zero-order chi connectivity index (χ0) is 57.7. The summed E-state index contributed by atoms with van der Waals surface area (Å²) in [5.41, 5.74) is 38.7. The summed E-state index contributed by atoms with van der Waals surface area (Å²) in [6.45, 7) is 18.9. The van der Waals surface area contributed by atoms with Gasteiger partial charge in [-0.1, -0.05) is 220 Å². The van der Waals surface area contributed by atoms with Crippen molar-refractivity contribution >= 4 is 172 Å². The summed E-state index contributed by atoms with van der Waals surface area (Å²) < 4.78 is 0. The Morgan fingerprint density at radius 3 is 1.27 bits per heavy atom. The Hall–Kier alpha value is -8.77. The van der Waals surface area contributed by atoms with Gasteiger partial charge in [0.2, 0.25) is 6.71 Å². The van der Waals surface area contributed by atoms with Crippen LogP contribution in [0.25, 0.3) is 0 Å². The maximum atomic E-state index is 2.77.